The highest BCUT2D eigenvalue weighted by Crippen LogP contribution is 2.43. The third kappa shape index (κ3) is 4.47. The molecule has 0 aromatic heterocycles. The lowest BCUT2D eigenvalue weighted by Crippen LogP contribution is -2.43. The monoisotopic (exact) mass is 461 g/mol. The SMILES string of the molecule is COc1cc(NC(=S)NNC(=O)C=C2c3ccccc3-c3ccccc32)cc(OC)c1OC. The van der Waals surface area contributed by atoms with Crippen LogP contribution >= 0.6 is 12.2 Å². The Morgan fingerprint density at radius 2 is 1.30 bits per heavy atom. The highest BCUT2D eigenvalue weighted by Gasteiger charge is 2.23. The van der Waals surface area contributed by atoms with Gasteiger partial charge in [0, 0.05) is 23.9 Å². The van der Waals surface area contributed by atoms with Gasteiger partial charge in [-0.25, -0.2) is 0 Å². The highest BCUT2D eigenvalue weighted by atomic mass is 32.1. The zero-order valence-electron chi connectivity index (χ0n) is 18.4. The summed E-state index contributed by atoms with van der Waals surface area (Å²) in [6.07, 6.45) is 1.57. The first-order valence-electron chi connectivity index (χ1n) is 10.1. The van der Waals surface area contributed by atoms with Crippen LogP contribution in [0.15, 0.2) is 66.7 Å². The van der Waals surface area contributed by atoms with Crippen molar-refractivity contribution in [2.24, 2.45) is 0 Å². The van der Waals surface area contributed by atoms with Crippen LogP contribution in [0.3, 0.4) is 0 Å². The Labute approximate surface area is 197 Å². The molecule has 0 saturated heterocycles. The minimum atomic E-state index is -0.328. The van der Waals surface area contributed by atoms with E-state index in [1.54, 1.807) is 18.2 Å². The van der Waals surface area contributed by atoms with Crippen molar-refractivity contribution in [1.29, 1.82) is 0 Å². The number of nitrogens with one attached hydrogen (secondary N) is 3. The largest absolute Gasteiger partial charge is 0.493 e. The first-order valence-corrected chi connectivity index (χ1v) is 10.5. The lowest BCUT2D eigenvalue weighted by molar-refractivity contribution is -0.116. The van der Waals surface area contributed by atoms with Crippen molar-refractivity contribution >= 4 is 34.5 Å². The van der Waals surface area contributed by atoms with Crippen molar-refractivity contribution in [3.8, 4) is 28.4 Å². The van der Waals surface area contributed by atoms with Crippen molar-refractivity contribution < 1.29 is 19.0 Å². The summed E-state index contributed by atoms with van der Waals surface area (Å²) in [5.74, 6) is 1.11. The molecular formula is C25H23N3O4S. The lowest BCUT2D eigenvalue weighted by atomic mass is 10.0. The van der Waals surface area contributed by atoms with Gasteiger partial charge in [0.2, 0.25) is 5.75 Å². The van der Waals surface area contributed by atoms with E-state index in [2.05, 4.69) is 28.3 Å². The predicted octanol–water partition coefficient (Wildman–Crippen LogP) is 4.14. The van der Waals surface area contributed by atoms with Crippen molar-refractivity contribution in [2.45, 2.75) is 0 Å². The third-order valence-electron chi connectivity index (χ3n) is 5.22. The van der Waals surface area contributed by atoms with Crippen molar-refractivity contribution in [3.63, 3.8) is 0 Å². The second-order valence-corrected chi connectivity index (χ2v) is 7.54. The van der Waals surface area contributed by atoms with E-state index in [1.807, 2.05) is 36.4 Å². The van der Waals surface area contributed by atoms with E-state index in [-0.39, 0.29) is 11.0 Å². The van der Waals surface area contributed by atoms with E-state index >= 15 is 0 Å². The number of ether oxygens (including phenoxy) is 3. The summed E-state index contributed by atoms with van der Waals surface area (Å²) in [5.41, 5.74) is 11.1. The molecule has 0 unspecified atom stereocenters. The van der Waals surface area contributed by atoms with Gasteiger partial charge in [-0.1, -0.05) is 48.5 Å². The molecule has 3 aromatic rings. The van der Waals surface area contributed by atoms with Gasteiger partial charge in [0.1, 0.15) is 0 Å². The molecule has 0 fully saturated rings. The molecule has 33 heavy (non-hydrogen) atoms. The van der Waals surface area contributed by atoms with E-state index in [0.29, 0.717) is 22.9 Å². The van der Waals surface area contributed by atoms with Crippen LogP contribution in [0.2, 0.25) is 0 Å². The van der Waals surface area contributed by atoms with Crippen LogP contribution in [0.4, 0.5) is 5.69 Å². The van der Waals surface area contributed by atoms with E-state index < -0.39 is 0 Å². The number of anilines is 1. The van der Waals surface area contributed by atoms with E-state index in [0.717, 1.165) is 27.8 Å². The van der Waals surface area contributed by atoms with Crippen molar-refractivity contribution in [1.82, 2.24) is 10.9 Å². The molecule has 7 nitrogen and oxygen atoms in total. The fourth-order valence-electron chi connectivity index (χ4n) is 3.81. The lowest BCUT2D eigenvalue weighted by Gasteiger charge is -2.16. The first kappa shape index (κ1) is 22.2. The summed E-state index contributed by atoms with van der Waals surface area (Å²) in [6, 6.07) is 19.5. The molecule has 0 spiro atoms. The molecule has 3 N–H and O–H groups in total. The number of carbonyl (C=O) groups is 1. The summed E-state index contributed by atoms with van der Waals surface area (Å²) < 4.78 is 16.0. The number of benzene rings is 3. The third-order valence-corrected chi connectivity index (χ3v) is 5.43. The maximum absolute atomic E-state index is 12.7. The summed E-state index contributed by atoms with van der Waals surface area (Å²) in [5, 5.41) is 3.19. The van der Waals surface area contributed by atoms with Crippen molar-refractivity contribution in [2.75, 3.05) is 26.6 Å². The molecule has 0 bridgehead atoms. The number of hydrogen-bond donors (Lipinski definition) is 3. The molecular weight excluding hydrogens is 438 g/mol. The molecule has 3 aromatic carbocycles. The van der Waals surface area contributed by atoms with Crippen LogP contribution in [-0.2, 0) is 4.79 Å². The van der Waals surface area contributed by atoms with Crippen LogP contribution in [0.1, 0.15) is 11.1 Å². The number of methoxy groups -OCH3 is 3. The molecule has 1 aliphatic rings. The van der Waals surface area contributed by atoms with Gasteiger partial charge in [0.15, 0.2) is 16.6 Å². The molecule has 168 valence electrons. The molecule has 0 saturated carbocycles. The quantitative estimate of drug-likeness (QED) is 0.234. The average Bonchev–Trinajstić information content (AvgIpc) is 3.15. The normalized spacial score (nSPS) is 11.1. The molecule has 1 amide bonds. The Hall–Kier alpha value is -4.04. The second kappa shape index (κ2) is 9.62. The Morgan fingerprint density at radius 3 is 1.79 bits per heavy atom. The summed E-state index contributed by atoms with van der Waals surface area (Å²) in [6.45, 7) is 0. The van der Waals surface area contributed by atoms with Gasteiger partial charge in [-0.2, -0.15) is 0 Å². The molecule has 4 rings (SSSR count). The Balaban J connectivity index is 1.46. The second-order valence-electron chi connectivity index (χ2n) is 7.13. The highest BCUT2D eigenvalue weighted by molar-refractivity contribution is 7.80. The minimum absolute atomic E-state index is 0.197. The Morgan fingerprint density at radius 1 is 0.788 bits per heavy atom. The first-order chi connectivity index (χ1) is 16.0. The fraction of sp³-hybridized carbons (Fsp3) is 0.120. The summed E-state index contributed by atoms with van der Waals surface area (Å²) in [7, 11) is 4.60. The summed E-state index contributed by atoms with van der Waals surface area (Å²) >= 11 is 5.31. The Kier molecular flexibility index (Phi) is 6.46. The van der Waals surface area contributed by atoms with Gasteiger partial charge in [-0.15, -0.1) is 0 Å². The topological polar surface area (TPSA) is 80.9 Å². The molecule has 0 atom stereocenters. The standard InChI is InChI=1S/C25H23N3O4S/c1-30-21-12-15(13-22(31-2)24(21)32-3)26-25(33)28-27-23(29)14-20-18-10-6-4-8-16(18)17-9-5-7-11-19(17)20/h4-14H,1-3H3,(H,27,29)(H2,26,28,33). The zero-order valence-corrected chi connectivity index (χ0v) is 19.2. The molecule has 0 radical (unpaired) electrons. The number of hydrazine groups is 1. The van der Waals surface area contributed by atoms with Gasteiger partial charge in [-0.05, 0) is 40.0 Å². The number of amides is 1. The van der Waals surface area contributed by atoms with Crippen LogP contribution < -0.4 is 30.4 Å². The molecule has 1 aliphatic carbocycles. The van der Waals surface area contributed by atoms with Crippen LogP contribution in [0.5, 0.6) is 17.2 Å². The fourth-order valence-corrected chi connectivity index (χ4v) is 3.98. The molecule has 8 heteroatoms. The van der Waals surface area contributed by atoms with Gasteiger partial charge in [0.25, 0.3) is 5.91 Å². The van der Waals surface area contributed by atoms with Crippen LogP contribution in [0.25, 0.3) is 16.7 Å². The van der Waals surface area contributed by atoms with Crippen LogP contribution in [-0.4, -0.2) is 32.3 Å². The van der Waals surface area contributed by atoms with E-state index in [9.17, 15) is 4.79 Å². The maximum Gasteiger partial charge on any atom is 0.263 e. The number of thiocarbonyl (C=S) groups is 1. The average molecular weight is 462 g/mol. The number of hydrogen-bond acceptors (Lipinski definition) is 5. The summed E-state index contributed by atoms with van der Waals surface area (Å²) in [4.78, 5) is 12.7. The smallest absolute Gasteiger partial charge is 0.263 e. The van der Waals surface area contributed by atoms with Gasteiger partial charge < -0.3 is 19.5 Å². The zero-order chi connectivity index (χ0) is 23.4. The van der Waals surface area contributed by atoms with Gasteiger partial charge >= 0.3 is 0 Å². The van der Waals surface area contributed by atoms with Crippen LogP contribution in [0, 0.1) is 0 Å². The predicted molar refractivity (Wildman–Crippen MR) is 133 cm³/mol. The van der Waals surface area contributed by atoms with Gasteiger partial charge in [-0.3, -0.25) is 15.6 Å². The van der Waals surface area contributed by atoms with E-state index in [4.69, 9.17) is 26.4 Å². The van der Waals surface area contributed by atoms with E-state index in [1.165, 1.54) is 21.3 Å². The molecule has 0 heterocycles. The Bertz CT molecular complexity index is 1180. The number of carbonyl (C=O) groups excluding carboxylic acids is 1. The minimum Gasteiger partial charge on any atom is -0.493 e. The number of rotatable bonds is 5. The number of fused-ring (bicyclic) bond motifs is 3. The molecule has 0 aliphatic heterocycles. The van der Waals surface area contributed by atoms with Crippen molar-refractivity contribution in [3.05, 3.63) is 77.9 Å². The van der Waals surface area contributed by atoms with Gasteiger partial charge in [0.05, 0.1) is 21.3 Å². The maximum atomic E-state index is 12.7.